The monoisotopic (exact) mass is 348 g/mol. The summed E-state index contributed by atoms with van der Waals surface area (Å²) in [5, 5.41) is 11.8. The fraction of sp³-hybridized carbons (Fsp3) is 0.333. The number of nitrogens with zero attached hydrogens (tertiary/aromatic N) is 3. The van der Waals surface area contributed by atoms with Crippen molar-refractivity contribution in [2.24, 2.45) is 0 Å². The summed E-state index contributed by atoms with van der Waals surface area (Å²) in [4.78, 5) is 10.9. The number of hydrogen-bond donors (Lipinski definition) is 2. The standard InChI is InChI=1S/C15H17BrN4O/c16-13-2-1-12-10-20(7-4-11(12)9-13)14-3-5-17-15(19-14)18-6-8-21/h1-3,5,9,21H,4,6-8,10H2,(H,17,18,19). The molecule has 0 atom stereocenters. The average Bonchev–Trinajstić information content (AvgIpc) is 2.52. The van der Waals surface area contributed by atoms with Gasteiger partial charge in [0, 0.05) is 30.3 Å². The lowest BCUT2D eigenvalue weighted by Gasteiger charge is -2.30. The third kappa shape index (κ3) is 3.33. The fourth-order valence-electron chi connectivity index (χ4n) is 2.50. The fourth-order valence-corrected chi connectivity index (χ4v) is 2.90. The van der Waals surface area contributed by atoms with Gasteiger partial charge < -0.3 is 15.3 Å². The molecule has 3 rings (SSSR count). The maximum absolute atomic E-state index is 8.84. The van der Waals surface area contributed by atoms with Crippen molar-refractivity contribution in [2.45, 2.75) is 13.0 Å². The van der Waals surface area contributed by atoms with Crippen LogP contribution in [0.4, 0.5) is 11.8 Å². The van der Waals surface area contributed by atoms with Crippen LogP contribution >= 0.6 is 15.9 Å². The molecule has 1 aliphatic heterocycles. The summed E-state index contributed by atoms with van der Waals surface area (Å²) >= 11 is 3.52. The number of benzene rings is 1. The van der Waals surface area contributed by atoms with Gasteiger partial charge in [0.15, 0.2) is 0 Å². The molecular weight excluding hydrogens is 332 g/mol. The average molecular weight is 349 g/mol. The smallest absolute Gasteiger partial charge is 0.224 e. The predicted octanol–water partition coefficient (Wildman–Crippen LogP) is 2.21. The largest absolute Gasteiger partial charge is 0.395 e. The van der Waals surface area contributed by atoms with E-state index in [-0.39, 0.29) is 6.61 Å². The van der Waals surface area contributed by atoms with E-state index in [1.54, 1.807) is 6.20 Å². The second-order valence-electron chi connectivity index (χ2n) is 4.97. The van der Waals surface area contributed by atoms with Crippen LogP contribution in [0.3, 0.4) is 0 Å². The van der Waals surface area contributed by atoms with Crippen molar-refractivity contribution >= 4 is 27.7 Å². The Hall–Kier alpha value is -1.66. The molecule has 0 saturated heterocycles. The van der Waals surface area contributed by atoms with Crippen LogP contribution in [0.2, 0.25) is 0 Å². The Labute approximate surface area is 132 Å². The highest BCUT2D eigenvalue weighted by Crippen LogP contribution is 2.25. The summed E-state index contributed by atoms with van der Waals surface area (Å²) in [7, 11) is 0. The zero-order valence-electron chi connectivity index (χ0n) is 11.6. The Morgan fingerprint density at radius 3 is 3.05 bits per heavy atom. The molecule has 1 aromatic heterocycles. The summed E-state index contributed by atoms with van der Waals surface area (Å²) in [5.41, 5.74) is 2.74. The number of hydrogen-bond acceptors (Lipinski definition) is 5. The molecule has 5 nitrogen and oxygen atoms in total. The van der Waals surface area contributed by atoms with Crippen LogP contribution < -0.4 is 10.2 Å². The first kappa shape index (κ1) is 14.3. The molecule has 0 fully saturated rings. The van der Waals surface area contributed by atoms with Gasteiger partial charge >= 0.3 is 0 Å². The van der Waals surface area contributed by atoms with Crippen LogP contribution in [0.5, 0.6) is 0 Å². The van der Waals surface area contributed by atoms with E-state index in [9.17, 15) is 0 Å². The first-order chi connectivity index (χ1) is 10.3. The number of fused-ring (bicyclic) bond motifs is 1. The topological polar surface area (TPSA) is 61.3 Å². The van der Waals surface area contributed by atoms with Crippen molar-refractivity contribution < 1.29 is 5.11 Å². The quantitative estimate of drug-likeness (QED) is 0.886. The summed E-state index contributed by atoms with van der Waals surface area (Å²) in [6.07, 6.45) is 2.76. The van der Waals surface area contributed by atoms with Gasteiger partial charge in [-0.2, -0.15) is 4.98 Å². The minimum atomic E-state index is 0.0690. The van der Waals surface area contributed by atoms with E-state index in [4.69, 9.17) is 5.11 Å². The van der Waals surface area contributed by atoms with Gasteiger partial charge in [0.1, 0.15) is 5.82 Å². The highest BCUT2D eigenvalue weighted by atomic mass is 79.9. The van der Waals surface area contributed by atoms with E-state index in [0.717, 1.165) is 29.8 Å². The molecule has 21 heavy (non-hydrogen) atoms. The number of aliphatic hydroxyl groups is 1. The van der Waals surface area contributed by atoms with Crippen LogP contribution in [0.1, 0.15) is 11.1 Å². The Balaban J connectivity index is 1.78. The number of nitrogens with one attached hydrogen (secondary N) is 1. The van der Waals surface area contributed by atoms with Crippen LogP contribution in [0.15, 0.2) is 34.9 Å². The number of aliphatic hydroxyl groups excluding tert-OH is 1. The second kappa shape index (κ2) is 6.41. The molecule has 0 radical (unpaired) electrons. The van der Waals surface area contributed by atoms with E-state index in [1.807, 2.05) is 6.07 Å². The third-order valence-electron chi connectivity index (χ3n) is 3.54. The molecule has 1 aromatic carbocycles. The van der Waals surface area contributed by atoms with E-state index < -0.39 is 0 Å². The molecule has 0 saturated carbocycles. The molecule has 0 bridgehead atoms. The molecule has 2 heterocycles. The van der Waals surface area contributed by atoms with E-state index >= 15 is 0 Å². The highest BCUT2D eigenvalue weighted by Gasteiger charge is 2.18. The van der Waals surface area contributed by atoms with Crippen molar-refractivity contribution in [1.29, 1.82) is 0 Å². The first-order valence-electron chi connectivity index (χ1n) is 6.96. The summed E-state index contributed by atoms with van der Waals surface area (Å²) in [6, 6.07) is 8.36. The summed E-state index contributed by atoms with van der Waals surface area (Å²) in [5.74, 6) is 1.47. The summed E-state index contributed by atoms with van der Waals surface area (Å²) in [6.45, 7) is 2.33. The number of anilines is 2. The van der Waals surface area contributed by atoms with Crippen molar-refractivity contribution in [1.82, 2.24) is 9.97 Å². The van der Waals surface area contributed by atoms with Crippen molar-refractivity contribution in [3.63, 3.8) is 0 Å². The Morgan fingerprint density at radius 2 is 2.19 bits per heavy atom. The van der Waals surface area contributed by atoms with Crippen LogP contribution in [-0.4, -0.2) is 34.8 Å². The van der Waals surface area contributed by atoms with Crippen LogP contribution in [0.25, 0.3) is 0 Å². The lowest BCUT2D eigenvalue weighted by atomic mass is 10.00. The molecule has 110 valence electrons. The van der Waals surface area contributed by atoms with Gasteiger partial charge in [-0.15, -0.1) is 0 Å². The maximum atomic E-state index is 8.84. The van der Waals surface area contributed by atoms with Gasteiger partial charge in [-0.3, -0.25) is 0 Å². The molecular formula is C15H17BrN4O. The second-order valence-corrected chi connectivity index (χ2v) is 5.89. The minimum absolute atomic E-state index is 0.0690. The van der Waals surface area contributed by atoms with Gasteiger partial charge in [0.2, 0.25) is 5.95 Å². The van der Waals surface area contributed by atoms with E-state index in [1.165, 1.54) is 11.1 Å². The highest BCUT2D eigenvalue weighted by molar-refractivity contribution is 9.10. The molecule has 0 unspecified atom stereocenters. The number of aromatic nitrogens is 2. The zero-order valence-corrected chi connectivity index (χ0v) is 13.2. The maximum Gasteiger partial charge on any atom is 0.224 e. The zero-order chi connectivity index (χ0) is 14.7. The molecule has 2 N–H and O–H groups in total. The predicted molar refractivity (Wildman–Crippen MR) is 86.5 cm³/mol. The molecule has 1 aliphatic rings. The van der Waals surface area contributed by atoms with Gasteiger partial charge in [0.25, 0.3) is 0 Å². The molecule has 0 spiro atoms. The molecule has 2 aromatic rings. The van der Waals surface area contributed by atoms with Crippen LogP contribution in [0, 0.1) is 0 Å². The molecule has 0 amide bonds. The van der Waals surface area contributed by atoms with Gasteiger partial charge in [-0.05, 0) is 35.7 Å². The third-order valence-corrected chi connectivity index (χ3v) is 4.03. The van der Waals surface area contributed by atoms with Gasteiger partial charge in [0.05, 0.1) is 6.61 Å². The molecule has 0 aliphatic carbocycles. The van der Waals surface area contributed by atoms with Crippen molar-refractivity contribution in [2.75, 3.05) is 29.9 Å². The number of rotatable bonds is 4. The van der Waals surface area contributed by atoms with Crippen LogP contribution in [-0.2, 0) is 13.0 Å². The van der Waals surface area contributed by atoms with E-state index in [0.29, 0.717) is 12.5 Å². The van der Waals surface area contributed by atoms with Crippen molar-refractivity contribution in [3.05, 3.63) is 46.1 Å². The normalized spacial score (nSPS) is 13.9. The number of halogens is 1. The lowest BCUT2D eigenvalue weighted by molar-refractivity contribution is 0.311. The van der Waals surface area contributed by atoms with Crippen molar-refractivity contribution in [3.8, 4) is 0 Å². The Bertz CT molecular complexity index is 635. The van der Waals surface area contributed by atoms with E-state index in [2.05, 4.69) is 54.3 Å². The minimum Gasteiger partial charge on any atom is -0.395 e. The summed E-state index contributed by atoms with van der Waals surface area (Å²) < 4.78 is 1.13. The van der Waals surface area contributed by atoms with Gasteiger partial charge in [-0.1, -0.05) is 22.0 Å². The first-order valence-corrected chi connectivity index (χ1v) is 7.75. The molecule has 6 heteroatoms. The Kier molecular flexibility index (Phi) is 4.36. The Morgan fingerprint density at radius 1 is 1.29 bits per heavy atom. The van der Waals surface area contributed by atoms with Gasteiger partial charge in [-0.25, -0.2) is 4.98 Å². The SMILES string of the molecule is OCCNc1nccc(N2CCc3cc(Br)ccc3C2)n1. The lowest BCUT2D eigenvalue weighted by Crippen LogP contribution is -2.31.